The highest BCUT2D eigenvalue weighted by molar-refractivity contribution is 5.34. The predicted molar refractivity (Wildman–Crippen MR) is 72.0 cm³/mol. The third kappa shape index (κ3) is 3.00. The van der Waals surface area contributed by atoms with Crippen molar-refractivity contribution in [3.05, 3.63) is 63.6 Å². The van der Waals surface area contributed by atoms with Crippen LogP contribution in [-0.4, -0.2) is 12.0 Å². The van der Waals surface area contributed by atoms with E-state index in [-0.39, 0.29) is 16.7 Å². The van der Waals surface area contributed by atoms with Crippen LogP contribution >= 0.6 is 0 Å². The number of aryl methyl sites for hydroxylation is 1. The van der Waals surface area contributed by atoms with Gasteiger partial charge in [-0.15, -0.1) is 0 Å². The van der Waals surface area contributed by atoms with Crippen molar-refractivity contribution in [1.82, 2.24) is 5.32 Å². The molecule has 1 N–H and O–H groups in total. The topological polar surface area (TPSA) is 68.3 Å². The Labute approximate surface area is 111 Å². The molecule has 5 heteroatoms. The lowest BCUT2D eigenvalue weighted by Crippen LogP contribution is -2.19. The Morgan fingerprint density at radius 3 is 2.47 bits per heavy atom. The van der Waals surface area contributed by atoms with Gasteiger partial charge in [-0.2, -0.15) is 0 Å². The highest BCUT2D eigenvalue weighted by Crippen LogP contribution is 2.23. The molecule has 2 aromatic rings. The van der Waals surface area contributed by atoms with Crippen LogP contribution in [0.5, 0.6) is 0 Å². The van der Waals surface area contributed by atoms with Gasteiger partial charge in [0.2, 0.25) is 0 Å². The summed E-state index contributed by atoms with van der Waals surface area (Å²) in [7, 11) is 1.89. The van der Waals surface area contributed by atoms with Gasteiger partial charge < -0.3 is 9.73 Å². The van der Waals surface area contributed by atoms with E-state index in [2.05, 4.69) is 5.32 Å². The van der Waals surface area contributed by atoms with Gasteiger partial charge in [-0.1, -0.05) is 12.1 Å². The van der Waals surface area contributed by atoms with Gasteiger partial charge in [0.1, 0.15) is 5.76 Å². The molecule has 1 aromatic carbocycles. The van der Waals surface area contributed by atoms with Gasteiger partial charge in [-0.3, -0.25) is 10.1 Å². The molecular weight excluding hydrogens is 244 g/mol. The maximum absolute atomic E-state index is 10.6. The van der Waals surface area contributed by atoms with Crippen molar-refractivity contribution in [3.63, 3.8) is 0 Å². The lowest BCUT2D eigenvalue weighted by Gasteiger charge is -2.15. The molecular formula is C14H16N2O3. The van der Waals surface area contributed by atoms with Crippen molar-refractivity contribution < 1.29 is 9.34 Å². The molecule has 0 aliphatic rings. The molecule has 0 amide bonds. The Hall–Kier alpha value is -2.14. The number of rotatable bonds is 5. The van der Waals surface area contributed by atoms with E-state index in [1.807, 2.05) is 20.0 Å². The van der Waals surface area contributed by atoms with Crippen LogP contribution in [0.2, 0.25) is 0 Å². The van der Waals surface area contributed by atoms with Crippen LogP contribution in [0.3, 0.4) is 0 Å². The first kappa shape index (κ1) is 13.3. The van der Waals surface area contributed by atoms with E-state index in [0.29, 0.717) is 0 Å². The molecule has 0 saturated heterocycles. The quantitative estimate of drug-likeness (QED) is 0.662. The Balaban J connectivity index is 2.15. The zero-order valence-corrected chi connectivity index (χ0v) is 10.9. The molecule has 0 aliphatic carbocycles. The first-order valence-electron chi connectivity index (χ1n) is 6.06. The van der Waals surface area contributed by atoms with Crippen molar-refractivity contribution in [2.45, 2.75) is 19.4 Å². The molecule has 0 radical (unpaired) electrons. The van der Waals surface area contributed by atoms with Gasteiger partial charge in [0, 0.05) is 23.7 Å². The summed E-state index contributed by atoms with van der Waals surface area (Å²) in [6.45, 7) is 1.93. The van der Waals surface area contributed by atoms with Crippen LogP contribution < -0.4 is 5.32 Å². The summed E-state index contributed by atoms with van der Waals surface area (Å²) in [4.78, 5) is 10.2. The zero-order chi connectivity index (χ0) is 13.8. The number of likely N-dealkylation sites (N-methyl/N-ethyl adjacent to an activating group) is 1. The molecule has 1 heterocycles. The molecule has 1 unspecified atom stereocenters. The minimum Gasteiger partial charge on any atom is -0.469 e. The molecule has 0 fully saturated rings. The third-order valence-corrected chi connectivity index (χ3v) is 3.21. The fourth-order valence-electron chi connectivity index (χ4n) is 2.11. The van der Waals surface area contributed by atoms with E-state index >= 15 is 0 Å². The number of nitrogens with zero attached hydrogens (tertiary/aromatic N) is 1. The molecule has 1 aromatic heterocycles. The summed E-state index contributed by atoms with van der Waals surface area (Å²) >= 11 is 0. The first-order chi connectivity index (χ1) is 9.11. The molecule has 0 spiro atoms. The smallest absolute Gasteiger partial charge is 0.269 e. The number of nitro benzene ring substituents is 1. The number of hydrogen-bond acceptors (Lipinski definition) is 4. The number of hydrogen-bond donors (Lipinski definition) is 1. The number of non-ortho nitro benzene ring substituents is 1. The SMILES string of the molecule is CNC(Cc1ccc([N+](=O)[O-])cc1)c1ccoc1C. The maximum atomic E-state index is 10.6. The molecule has 2 rings (SSSR count). The van der Waals surface area contributed by atoms with Crippen molar-refractivity contribution in [1.29, 1.82) is 0 Å². The second kappa shape index (κ2) is 5.67. The van der Waals surface area contributed by atoms with Crippen molar-refractivity contribution in [3.8, 4) is 0 Å². The summed E-state index contributed by atoms with van der Waals surface area (Å²) in [5.41, 5.74) is 2.27. The molecule has 0 aliphatic heterocycles. The molecule has 0 saturated carbocycles. The average Bonchev–Trinajstić information content (AvgIpc) is 2.83. The van der Waals surface area contributed by atoms with Crippen LogP contribution in [0.4, 0.5) is 5.69 Å². The normalized spacial score (nSPS) is 12.3. The maximum Gasteiger partial charge on any atom is 0.269 e. The van der Waals surface area contributed by atoms with Crippen LogP contribution in [0.15, 0.2) is 41.0 Å². The molecule has 1 atom stereocenters. The minimum atomic E-state index is -0.389. The van der Waals surface area contributed by atoms with Crippen molar-refractivity contribution >= 4 is 5.69 Å². The van der Waals surface area contributed by atoms with E-state index in [9.17, 15) is 10.1 Å². The number of nitro groups is 1. The van der Waals surface area contributed by atoms with Crippen LogP contribution in [-0.2, 0) is 6.42 Å². The van der Waals surface area contributed by atoms with Gasteiger partial charge in [0.15, 0.2) is 0 Å². The number of benzene rings is 1. The predicted octanol–water partition coefficient (Wildman–Crippen LogP) is 3.00. The summed E-state index contributed by atoms with van der Waals surface area (Å²) < 4.78 is 5.31. The second-order valence-electron chi connectivity index (χ2n) is 4.40. The summed E-state index contributed by atoms with van der Waals surface area (Å²) in [6, 6.07) is 8.73. The van der Waals surface area contributed by atoms with E-state index in [4.69, 9.17) is 4.42 Å². The first-order valence-corrected chi connectivity index (χ1v) is 6.06. The number of nitrogens with one attached hydrogen (secondary N) is 1. The fourth-order valence-corrected chi connectivity index (χ4v) is 2.11. The van der Waals surface area contributed by atoms with Crippen molar-refractivity contribution in [2.24, 2.45) is 0 Å². The lowest BCUT2D eigenvalue weighted by atomic mass is 9.99. The van der Waals surface area contributed by atoms with Gasteiger partial charge in [-0.05, 0) is 32.0 Å². The van der Waals surface area contributed by atoms with Gasteiger partial charge in [0.05, 0.1) is 11.2 Å². The highest BCUT2D eigenvalue weighted by atomic mass is 16.6. The van der Waals surface area contributed by atoms with E-state index < -0.39 is 0 Å². The second-order valence-corrected chi connectivity index (χ2v) is 4.40. The summed E-state index contributed by atoms with van der Waals surface area (Å²) in [5.74, 6) is 0.890. The molecule has 19 heavy (non-hydrogen) atoms. The standard InChI is InChI=1S/C14H16N2O3/c1-10-13(7-8-19-10)14(15-2)9-11-3-5-12(6-4-11)16(17)18/h3-8,14-15H,9H2,1-2H3. The van der Waals surface area contributed by atoms with Gasteiger partial charge >= 0.3 is 0 Å². The summed E-state index contributed by atoms with van der Waals surface area (Å²) in [5, 5.41) is 13.8. The largest absolute Gasteiger partial charge is 0.469 e. The average molecular weight is 260 g/mol. The molecule has 5 nitrogen and oxygen atoms in total. The Morgan fingerprint density at radius 2 is 2.00 bits per heavy atom. The Kier molecular flexibility index (Phi) is 3.97. The minimum absolute atomic E-state index is 0.115. The third-order valence-electron chi connectivity index (χ3n) is 3.21. The zero-order valence-electron chi connectivity index (χ0n) is 10.9. The van der Waals surface area contributed by atoms with Crippen LogP contribution in [0, 0.1) is 17.0 Å². The van der Waals surface area contributed by atoms with E-state index in [1.165, 1.54) is 12.1 Å². The van der Waals surface area contributed by atoms with Gasteiger partial charge in [0.25, 0.3) is 5.69 Å². The fraction of sp³-hybridized carbons (Fsp3) is 0.286. The highest BCUT2D eigenvalue weighted by Gasteiger charge is 2.15. The van der Waals surface area contributed by atoms with E-state index in [1.54, 1.807) is 18.4 Å². The molecule has 0 bridgehead atoms. The lowest BCUT2D eigenvalue weighted by molar-refractivity contribution is -0.384. The van der Waals surface area contributed by atoms with E-state index in [0.717, 1.165) is 23.3 Å². The van der Waals surface area contributed by atoms with Crippen molar-refractivity contribution in [2.75, 3.05) is 7.05 Å². The Morgan fingerprint density at radius 1 is 1.32 bits per heavy atom. The molecule has 100 valence electrons. The van der Waals surface area contributed by atoms with Crippen LogP contribution in [0.25, 0.3) is 0 Å². The van der Waals surface area contributed by atoms with Crippen LogP contribution in [0.1, 0.15) is 22.9 Å². The number of furan rings is 1. The Bertz CT molecular complexity index is 560. The summed E-state index contributed by atoms with van der Waals surface area (Å²) in [6.07, 6.45) is 2.43. The monoisotopic (exact) mass is 260 g/mol. The van der Waals surface area contributed by atoms with Gasteiger partial charge in [-0.25, -0.2) is 0 Å².